The van der Waals surface area contributed by atoms with E-state index in [4.69, 9.17) is 9.31 Å². The van der Waals surface area contributed by atoms with Gasteiger partial charge >= 0.3 is 7.12 Å². The maximum Gasteiger partial charge on any atom is 0.493 e. The Kier molecular flexibility index (Phi) is 6.67. The Balaban J connectivity index is 2.68. The molecule has 0 radical (unpaired) electrons. The highest BCUT2D eigenvalue weighted by atomic mass is 16.6. The van der Waals surface area contributed by atoms with Gasteiger partial charge in [-0.25, -0.2) is 0 Å². The Morgan fingerprint density at radius 3 is 2.00 bits per heavy atom. The van der Waals surface area contributed by atoms with Crippen molar-refractivity contribution >= 4 is 18.7 Å². The van der Waals surface area contributed by atoms with Crippen LogP contribution in [0.2, 0.25) is 0 Å². The molecule has 0 spiro atoms. The third-order valence-corrected chi connectivity index (χ3v) is 2.39. The second-order valence-corrected chi connectivity index (χ2v) is 3.94. The van der Waals surface area contributed by atoms with Gasteiger partial charge in [-0.1, -0.05) is 50.8 Å². The van der Waals surface area contributed by atoms with Crippen LogP contribution in [0, 0.1) is 0 Å². The largest absolute Gasteiger partial charge is 0.493 e. The van der Waals surface area contributed by atoms with Crippen molar-refractivity contribution in [2.45, 2.75) is 26.7 Å². The molecule has 0 N–H and O–H groups in total. The predicted molar refractivity (Wildman–Crippen MR) is 74.4 cm³/mol. The topological polar surface area (TPSA) is 18.5 Å². The van der Waals surface area contributed by atoms with Crippen molar-refractivity contribution in [2.24, 2.45) is 0 Å². The van der Waals surface area contributed by atoms with Gasteiger partial charge in [-0.05, 0) is 23.9 Å². The quantitative estimate of drug-likeness (QED) is 0.641. The molecule has 0 amide bonds. The lowest BCUT2D eigenvalue weighted by atomic mass is 9.78. The van der Waals surface area contributed by atoms with Crippen LogP contribution < -0.4 is 5.46 Å². The molecule has 2 nitrogen and oxygen atoms in total. The second-order valence-electron chi connectivity index (χ2n) is 3.94. The lowest BCUT2D eigenvalue weighted by Gasteiger charge is -2.14. The lowest BCUT2D eigenvalue weighted by molar-refractivity contribution is 0.207. The van der Waals surface area contributed by atoms with Crippen LogP contribution in [0.3, 0.4) is 0 Å². The fourth-order valence-electron chi connectivity index (χ4n) is 1.48. The minimum Gasteiger partial charge on any atom is -0.407 e. The van der Waals surface area contributed by atoms with Crippen molar-refractivity contribution in [1.82, 2.24) is 0 Å². The summed E-state index contributed by atoms with van der Waals surface area (Å²) in [4.78, 5) is 0. The number of rotatable bonds is 8. The Hall–Kier alpha value is -1.06. The van der Waals surface area contributed by atoms with Gasteiger partial charge in [0.1, 0.15) is 0 Å². The molecule has 17 heavy (non-hydrogen) atoms. The first kappa shape index (κ1) is 14.0. The van der Waals surface area contributed by atoms with E-state index in [0.717, 1.165) is 37.1 Å². The molecule has 0 unspecified atom stereocenters. The average Bonchev–Trinajstić information content (AvgIpc) is 2.39. The van der Waals surface area contributed by atoms with Gasteiger partial charge < -0.3 is 9.31 Å². The van der Waals surface area contributed by atoms with Gasteiger partial charge in [0, 0.05) is 13.2 Å². The van der Waals surface area contributed by atoms with E-state index in [-0.39, 0.29) is 7.12 Å². The van der Waals surface area contributed by atoms with E-state index in [1.165, 1.54) is 0 Å². The van der Waals surface area contributed by atoms with Gasteiger partial charge in [0.05, 0.1) is 0 Å². The van der Waals surface area contributed by atoms with Gasteiger partial charge in [0.15, 0.2) is 0 Å². The number of benzene rings is 1. The summed E-state index contributed by atoms with van der Waals surface area (Å²) in [6, 6.07) is 8.12. The normalized spacial score (nSPS) is 10.2. The van der Waals surface area contributed by atoms with Crippen molar-refractivity contribution in [2.75, 3.05) is 13.2 Å². The maximum atomic E-state index is 5.70. The Morgan fingerprint density at radius 2 is 1.59 bits per heavy atom. The maximum absolute atomic E-state index is 5.70. The zero-order chi connectivity index (χ0) is 12.5. The summed E-state index contributed by atoms with van der Waals surface area (Å²) in [6.07, 6.45) is 3.83. The van der Waals surface area contributed by atoms with Crippen LogP contribution in [0.5, 0.6) is 0 Å². The van der Waals surface area contributed by atoms with Crippen LogP contribution in [0.4, 0.5) is 0 Å². The first-order chi connectivity index (χ1) is 8.31. The van der Waals surface area contributed by atoms with E-state index in [0.29, 0.717) is 0 Å². The van der Waals surface area contributed by atoms with E-state index in [2.05, 4.69) is 20.4 Å². The highest BCUT2D eigenvalue weighted by molar-refractivity contribution is 6.61. The second kappa shape index (κ2) is 8.10. The van der Waals surface area contributed by atoms with Crippen molar-refractivity contribution < 1.29 is 9.31 Å². The van der Waals surface area contributed by atoms with Gasteiger partial charge in [0.2, 0.25) is 0 Å². The molecule has 0 heterocycles. The predicted octanol–water partition coefficient (Wildman–Crippen LogP) is 2.88. The average molecular weight is 232 g/mol. The zero-order valence-corrected chi connectivity index (χ0v) is 10.8. The van der Waals surface area contributed by atoms with E-state index < -0.39 is 0 Å². The minimum absolute atomic E-state index is 0.242. The SMILES string of the molecule is C=Cc1ccc(B(OCCC)OCCC)cc1. The Morgan fingerprint density at radius 1 is 1.06 bits per heavy atom. The van der Waals surface area contributed by atoms with E-state index >= 15 is 0 Å². The molecule has 1 aromatic carbocycles. The molecule has 0 fully saturated rings. The third kappa shape index (κ3) is 4.76. The Bertz CT molecular complexity index is 313. The summed E-state index contributed by atoms with van der Waals surface area (Å²) < 4.78 is 11.4. The number of hydrogen-bond donors (Lipinski definition) is 0. The smallest absolute Gasteiger partial charge is 0.407 e. The van der Waals surface area contributed by atoms with Crippen LogP contribution in [0.1, 0.15) is 32.3 Å². The molecule has 0 saturated carbocycles. The van der Waals surface area contributed by atoms with Crippen LogP contribution in [0.15, 0.2) is 30.8 Å². The van der Waals surface area contributed by atoms with Crippen molar-refractivity contribution in [3.63, 3.8) is 0 Å². The molecule has 0 bridgehead atoms. The fourth-order valence-corrected chi connectivity index (χ4v) is 1.48. The lowest BCUT2D eigenvalue weighted by Crippen LogP contribution is -2.37. The summed E-state index contributed by atoms with van der Waals surface area (Å²) in [5, 5.41) is 0. The van der Waals surface area contributed by atoms with Gasteiger partial charge in [-0.15, -0.1) is 0 Å². The first-order valence-electron chi connectivity index (χ1n) is 6.27. The molecule has 0 aromatic heterocycles. The van der Waals surface area contributed by atoms with E-state index in [9.17, 15) is 0 Å². The number of hydrogen-bond acceptors (Lipinski definition) is 2. The highest BCUT2D eigenvalue weighted by Gasteiger charge is 2.20. The molecule has 1 rings (SSSR count). The van der Waals surface area contributed by atoms with Crippen molar-refractivity contribution in [1.29, 1.82) is 0 Å². The standard InChI is InChI=1S/C14H21BO2/c1-4-11-16-15(17-12-5-2)14-9-7-13(6-3)8-10-14/h6-10H,3-5,11-12H2,1-2H3. The van der Waals surface area contributed by atoms with Crippen molar-refractivity contribution in [3.05, 3.63) is 36.4 Å². The first-order valence-corrected chi connectivity index (χ1v) is 6.27. The van der Waals surface area contributed by atoms with Crippen LogP contribution in [-0.4, -0.2) is 20.3 Å². The highest BCUT2D eigenvalue weighted by Crippen LogP contribution is 2.01. The molecule has 0 aliphatic heterocycles. The third-order valence-electron chi connectivity index (χ3n) is 2.39. The summed E-state index contributed by atoms with van der Waals surface area (Å²) in [6.45, 7) is 9.37. The molecule has 3 heteroatoms. The Labute approximate surface area is 105 Å². The molecule has 0 saturated heterocycles. The van der Waals surface area contributed by atoms with E-state index in [1.54, 1.807) is 0 Å². The van der Waals surface area contributed by atoms with Crippen molar-refractivity contribution in [3.8, 4) is 0 Å². The monoisotopic (exact) mass is 232 g/mol. The fraction of sp³-hybridized carbons (Fsp3) is 0.429. The van der Waals surface area contributed by atoms with Gasteiger partial charge in [-0.2, -0.15) is 0 Å². The summed E-state index contributed by atoms with van der Waals surface area (Å²) >= 11 is 0. The van der Waals surface area contributed by atoms with Gasteiger partial charge in [0.25, 0.3) is 0 Å². The van der Waals surface area contributed by atoms with Crippen LogP contribution in [0.25, 0.3) is 6.08 Å². The van der Waals surface area contributed by atoms with Crippen LogP contribution in [-0.2, 0) is 9.31 Å². The molecular weight excluding hydrogens is 211 g/mol. The van der Waals surface area contributed by atoms with Crippen LogP contribution >= 0.6 is 0 Å². The molecule has 1 aromatic rings. The summed E-state index contributed by atoms with van der Waals surface area (Å²) in [5.41, 5.74) is 2.18. The zero-order valence-electron chi connectivity index (χ0n) is 10.8. The summed E-state index contributed by atoms with van der Waals surface area (Å²) in [5.74, 6) is 0. The molecule has 0 atom stereocenters. The molecule has 92 valence electrons. The minimum atomic E-state index is -0.242. The summed E-state index contributed by atoms with van der Waals surface area (Å²) in [7, 11) is -0.242. The molecule has 0 aliphatic carbocycles. The van der Waals surface area contributed by atoms with Gasteiger partial charge in [-0.3, -0.25) is 0 Å². The van der Waals surface area contributed by atoms with E-state index in [1.807, 2.05) is 30.3 Å². The molecule has 0 aliphatic rings. The molecular formula is C14H21BO2.